The summed E-state index contributed by atoms with van der Waals surface area (Å²) in [5.74, 6) is 0.471. The molecule has 1 N–H and O–H groups in total. The number of nitrogens with one attached hydrogen (secondary N) is 1. The number of hydrogen-bond acceptors (Lipinski definition) is 2. The number of halogens is 2. The van der Waals surface area contributed by atoms with E-state index in [2.05, 4.69) is 41.2 Å². The van der Waals surface area contributed by atoms with Crippen LogP contribution in [0.25, 0.3) is 0 Å². The molecule has 2 unspecified atom stereocenters. The Morgan fingerprint density at radius 2 is 2.16 bits per heavy atom. The lowest BCUT2D eigenvalue weighted by Gasteiger charge is -2.26. The molecular weight excluding hydrogens is 326 g/mol. The third-order valence-electron chi connectivity index (χ3n) is 3.25. The summed E-state index contributed by atoms with van der Waals surface area (Å²) < 4.78 is 6.25. The second kappa shape index (κ2) is 8.96. The van der Waals surface area contributed by atoms with Crippen LogP contribution < -0.4 is 5.32 Å². The Bertz CT molecular complexity index is 386. The van der Waals surface area contributed by atoms with Gasteiger partial charge in [-0.25, -0.2) is 0 Å². The number of methoxy groups -OCH3 is 1. The molecule has 0 bridgehead atoms. The number of hydrogen-bond donors (Lipinski definition) is 1. The van der Waals surface area contributed by atoms with Gasteiger partial charge in [0.05, 0.1) is 0 Å². The van der Waals surface area contributed by atoms with Gasteiger partial charge in [0.1, 0.15) is 0 Å². The minimum Gasteiger partial charge on any atom is -0.385 e. The highest BCUT2D eigenvalue weighted by molar-refractivity contribution is 9.10. The van der Waals surface area contributed by atoms with Gasteiger partial charge in [0.15, 0.2) is 0 Å². The normalized spacial score (nSPS) is 14.4. The lowest BCUT2D eigenvalue weighted by atomic mass is 9.92. The van der Waals surface area contributed by atoms with Gasteiger partial charge < -0.3 is 10.1 Å². The van der Waals surface area contributed by atoms with Crippen molar-refractivity contribution < 1.29 is 4.74 Å². The molecule has 0 amide bonds. The molecule has 108 valence electrons. The molecule has 1 aromatic rings. The second-order valence-electron chi connectivity index (χ2n) is 4.86. The zero-order valence-corrected chi connectivity index (χ0v) is 14.2. The minimum absolute atomic E-state index is 0.264. The molecule has 1 rings (SSSR count). The van der Waals surface area contributed by atoms with Crippen molar-refractivity contribution in [2.45, 2.75) is 32.7 Å². The van der Waals surface area contributed by atoms with Crippen LogP contribution in [0.5, 0.6) is 0 Å². The monoisotopic (exact) mass is 347 g/mol. The van der Waals surface area contributed by atoms with Crippen molar-refractivity contribution in [2.75, 3.05) is 20.3 Å². The van der Waals surface area contributed by atoms with Crippen LogP contribution in [0.4, 0.5) is 0 Å². The van der Waals surface area contributed by atoms with Gasteiger partial charge in [-0.15, -0.1) is 0 Å². The topological polar surface area (TPSA) is 21.3 Å². The number of ether oxygens (including phenoxy) is 1. The quantitative estimate of drug-likeness (QED) is 0.727. The van der Waals surface area contributed by atoms with Gasteiger partial charge in [-0.1, -0.05) is 41.4 Å². The van der Waals surface area contributed by atoms with E-state index in [9.17, 15) is 0 Å². The first kappa shape index (κ1) is 17.0. The summed E-state index contributed by atoms with van der Waals surface area (Å²) in [5.41, 5.74) is 1.16. The van der Waals surface area contributed by atoms with Crippen molar-refractivity contribution in [1.29, 1.82) is 0 Å². The third-order valence-corrected chi connectivity index (χ3v) is 4.09. The molecule has 0 radical (unpaired) electrons. The van der Waals surface area contributed by atoms with E-state index in [1.54, 1.807) is 7.11 Å². The number of benzene rings is 1. The summed E-state index contributed by atoms with van der Waals surface area (Å²) in [4.78, 5) is 0. The zero-order chi connectivity index (χ0) is 14.3. The molecule has 4 heteroatoms. The third kappa shape index (κ3) is 5.42. The first-order chi connectivity index (χ1) is 9.10. The van der Waals surface area contributed by atoms with E-state index in [-0.39, 0.29) is 6.04 Å². The summed E-state index contributed by atoms with van der Waals surface area (Å²) in [6.07, 6.45) is 2.12. The molecule has 1 aromatic carbocycles. The Labute approximate surface area is 130 Å². The smallest absolute Gasteiger partial charge is 0.0465 e. The highest BCUT2D eigenvalue weighted by Gasteiger charge is 2.21. The average molecular weight is 349 g/mol. The maximum Gasteiger partial charge on any atom is 0.0465 e. The van der Waals surface area contributed by atoms with E-state index in [1.165, 1.54) is 0 Å². The summed E-state index contributed by atoms with van der Waals surface area (Å²) in [7, 11) is 1.74. The van der Waals surface area contributed by atoms with E-state index < -0.39 is 0 Å². The zero-order valence-electron chi connectivity index (χ0n) is 11.9. The Kier molecular flexibility index (Phi) is 8.00. The SMILES string of the molecule is CCCNC(c1cc(Br)ccc1Cl)C(C)CCOC. The molecule has 0 saturated heterocycles. The molecule has 0 saturated carbocycles. The fourth-order valence-electron chi connectivity index (χ4n) is 2.14. The summed E-state index contributed by atoms with van der Waals surface area (Å²) in [6.45, 7) is 6.18. The van der Waals surface area contributed by atoms with Crippen LogP contribution in [-0.4, -0.2) is 20.3 Å². The van der Waals surface area contributed by atoms with Crippen molar-refractivity contribution in [1.82, 2.24) is 5.32 Å². The molecule has 0 aliphatic heterocycles. The van der Waals surface area contributed by atoms with Crippen molar-refractivity contribution >= 4 is 27.5 Å². The highest BCUT2D eigenvalue weighted by atomic mass is 79.9. The fraction of sp³-hybridized carbons (Fsp3) is 0.600. The summed E-state index contributed by atoms with van der Waals surface area (Å²) >= 11 is 9.88. The van der Waals surface area contributed by atoms with Gasteiger partial charge >= 0.3 is 0 Å². The molecule has 0 aromatic heterocycles. The van der Waals surface area contributed by atoms with Crippen LogP contribution in [0.2, 0.25) is 5.02 Å². The Hall–Kier alpha value is -0.0900. The molecule has 2 nitrogen and oxygen atoms in total. The molecule has 0 aliphatic rings. The standard InChI is InChI=1S/C15H23BrClNO/c1-4-8-18-15(11(2)7-9-19-3)13-10-12(16)5-6-14(13)17/h5-6,10-11,15,18H,4,7-9H2,1-3H3. The Morgan fingerprint density at radius 1 is 1.42 bits per heavy atom. The number of rotatable bonds is 8. The Morgan fingerprint density at radius 3 is 2.79 bits per heavy atom. The maximum absolute atomic E-state index is 6.36. The van der Waals surface area contributed by atoms with E-state index >= 15 is 0 Å². The van der Waals surface area contributed by atoms with Crippen molar-refractivity contribution in [2.24, 2.45) is 5.92 Å². The summed E-state index contributed by atoms with van der Waals surface area (Å²) in [6, 6.07) is 6.30. The molecule has 19 heavy (non-hydrogen) atoms. The van der Waals surface area contributed by atoms with Crippen molar-refractivity contribution in [3.05, 3.63) is 33.3 Å². The highest BCUT2D eigenvalue weighted by Crippen LogP contribution is 2.32. The largest absolute Gasteiger partial charge is 0.385 e. The molecular formula is C15H23BrClNO. The van der Waals surface area contributed by atoms with Crippen LogP contribution in [0.3, 0.4) is 0 Å². The van der Waals surface area contributed by atoms with Gasteiger partial charge in [-0.2, -0.15) is 0 Å². The molecule has 0 spiro atoms. The van der Waals surface area contributed by atoms with Gasteiger partial charge in [-0.05, 0) is 49.1 Å². The van der Waals surface area contributed by atoms with Gasteiger partial charge in [0, 0.05) is 29.3 Å². The fourth-order valence-corrected chi connectivity index (χ4v) is 2.75. The molecule has 0 aliphatic carbocycles. The van der Waals surface area contributed by atoms with Gasteiger partial charge in [-0.3, -0.25) is 0 Å². The molecule has 0 fully saturated rings. The van der Waals surface area contributed by atoms with Crippen LogP contribution in [0.1, 0.15) is 38.3 Å². The average Bonchev–Trinajstić information content (AvgIpc) is 2.40. The lowest BCUT2D eigenvalue weighted by molar-refractivity contribution is 0.170. The Balaban J connectivity index is 2.91. The van der Waals surface area contributed by atoms with E-state index in [1.807, 2.05) is 12.1 Å². The van der Waals surface area contributed by atoms with Crippen LogP contribution >= 0.6 is 27.5 Å². The van der Waals surface area contributed by atoms with Crippen LogP contribution in [-0.2, 0) is 4.74 Å². The van der Waals surface area contributed by atoms with Crippen LogP contribution in [0.15, 0.2) is 22.7 Å². The van der Waals surface area contributed by atoms with E-state index in [0.717, 1.165) is 41.1 Å². The molecule has 2 atom stereocenters. The van der Waals surface area contributed by atoms with E-state index in [4.69, 9.17) is 16.3 Å². The van der Waals surface area contributed by atoms with Crippen LogP contribution in [0, 0.1) is 5.92 Å². The van der Waals surface area contributed by atoms with Crippen molar-refractivity contribution in [3.8, 4) is 0 Å². The van der Waals surface area contributed by atoms with Gasteiger partial charge in [0.2, 0.25) is 0 Å². The summed E-state index contributed by atoms with van der Waals surface area (Å²) in [5, 5.41) is 4.42. The van der Waals surface area contributed by atoms with Gasteiger partial charge in [0.25, 0.3) is 0 Å². The predicted octanol–water partition coefficient (Wildman–Crippen LogP) is 4.82. The first-order valence-corrected chi connectivity index (χ1v) is 7.94. The van der Waals surface area contributed by atoms with Crippen molar-refractivity contribution in [3.63, 3.8) is 0 Å². The molecule has 0 heterocycles. The predicted molar refractivity (Wildman–Crippen MR) is 85.8 cm³/mol. The maximum atomic E-state index is 6.36. The first-order valence-electron chi connectivity index (χ1n) is 6.77. The minimum atomic E-state index is 0.264. The lowest BCUT2D eigenvalue weighted by Crippen LogP contribution is -2.28. The van der Waals surface area contributed by atoms with E-state index in [0.29, 0.717) is 5.92 Å². The second-order valence-corrected chi connectivity index (χ2v) is 6.18.